The minimum absolute atomic E-state index is 0.0261. The van der Waals surface area contributed by atoms with Gasteiger partial charge >= 0.3 is 42.7 Å². The summed E-state index contributed by atoms with van der Waals surface area (Å²) in [7, 11) is -24.0. The molecule has 4 unspecified atom stereocenters. The summed E-state index contributed by atoms with van der Waals surface area (Å²) in [4.78, 5) is 67.8. The Balaban J connectivity index is 1.31. The van der Waals surface area contributed by atoms with E-state index in [9.17, 15) is 67.8 Å². The van der Waals surface area contributed by atoms with E-state index in [1.165, 1.54) is 12.1 Å². The van der Waals surface area contributed by atoms with Crippen molar-refractivity contribution in [3.63, 3.8) is 0 Å². The molecule has 49 heavy (non-hydrogen) atoms. The number of aromatic amines is 2. The van der Waals surface area contributed by atoms with Crippen molar-refractivity contribution in [3.05, 3.63) is 54.8 Å². The zero-order valence-electron chi connectivity index (χ0n) is 23.7. The van der Waals surface area contributed by atoms with Gasteiger partial charge in [0.15, 0.2) is 12.5 Å². The molecule has 25 nitrogen and oxygen atoms in total. The molecule has 0 aromatic carbocycles. The van der Waals surface area contributed by atoms with Gasteiger partial charge in [-0.15, -0.1) is 0 Å². The third-order valence-corrected chi connectivity index (χ3v) is 12.7. The quantitative estimate of drug-likeness (QED) is 0.0769. The fraction of sp³-hybridized carbons (Fsp3) is 0.556. The van der Waals surface area contributed by atoms with E-state index in [0.717, 1.165) is 21.5 Å². The van der Waals surface area contributed by atoms with E-state index in [4.69, 9.17) is 33.9 Å². The standard InChI is InChI=1S/C18H26N4O21P4S2/c23-11-7(39-15(13(11)25)21-3-1-9(48)19-17(21)27)5-37-44(29,30)41-46(33,34)43-47(35,36)42-45(31,32)38-6-8-12(24)14(26)16(40-8)22-4-2-10(49)20-18(22)28/h1-4,7-8,11-16,23-26H,5-6H2,(H,29,30)(H,31,32)(H,33,34)(H,35,36)(H,19,27,48)(H,20,28,49)/t7-,8-,11-,12-,13-,14-,15-,16-/m1/s1. The molecule has 0 spiro atoms. The lowest BCUT2D eigenvalue weighted by molar-refractivity contribution is -0.0543. The Morgan fingerprint density at radius 1 is 0.633 bits per heavy atom. The number of hydrogen-bond donors (Lipinski definition) is 10. The van der Waals surface area contributed by atoms with Crippen LogP contribution in [0.25, 0.3) is 0 Å². The monoisotopic (exact) mass is 822 g/mol. The number of aliphatic hydroxyl groups is 4. The highest BCUT2D eigenvalue weighted by Crippen LogP contribution is 2.71. The van der Waals surface area contributed by atoms with Crippen molar-refractivity contribution in [1.82, 2.24) is 19.1 Å². The predicted octanol–water partition coefficient (Wildman–Crippen LogP) is -1.45. The molecule has 2 saturated heterocycles. The maximum absolute atomic E-state index is 12.3. The van der Waals surface area contributed by atoms with Crippen molar-refractivity contribution >= 4 is 55.7 Å². The maximum atomic E-state index is 12.3. The van der Waals surface area contributed by atoms with Crippen molar-refractivity contribution in [2.45, 2.75) is 49.1 Å². The van der Waals surface area contributed by atoms with Crippen molar-refractivity contribution in [1.29, 1.82) is 0 Å². The van der Waals surface area contributed by atoms with Gasteiger partial charge < -0.3 is 49.5 Å². The first-order valence-electron chi connectivity index (χ1n) is 12.9. The minimum atomic E-state index is -6.21. The summed E-state index contributed by atoms with van der Waals surface area (Å²) in [6.07, 6.45) is -11.6. The van der Waals surface area contributed by atoms with Gasteiger partial charge in [-0.05, 0) is 12.1 Å². The molecular formula is C18H26N4O21P4S2. The van der Waals surface area contributed by atoms with Crippen LogP contribution in [0.3, 0.4) is 0 Å². The molecule has 0 radical (unpaired) electrons. The highest BCUT2D eigenvalue weighted by molar-refractivity contribution is 7.71. The lowest BCUT2D eigenvalue weighted by Crippen LogP contribution is -2.36. The fourth-order valence-corrected chi connectivity index (χ4v) is 9.50. The van der Waals surface area contributed by atoms with Gasteiger partial charge in [-0.25, -0.2) is 27.8 Å². The predicted molar refractivity (Wildman–Crippen MR) is 158 cm³/mol. The summed E-state index contributed by atoms with van der Waals surface area (Å²) in [5.41, 5.74) is -1.73. The number of nitrogens with zero attached hydrogens (tertiary/aromatic N) is 2. The normalized spacial score (nSPS) is 32.2. The van der Waals surface area contributed by atoms with Gasteiger partial charge in [0.2, 0.25) is 0 Å². The summed E-state index contributed by atoms with van der Waals surface area (Å²) in [5.74, 6) is 0. The molecule has 31 heteroatoms. The molecule has 2 aliphatic heterocycles. The van der Waals surface area contributed by atoms with Gasteiger partial charge in [0.1, 0.15) is 45.9 Å². The summed E-state index contributed by atoms with van der Waals surface area (Å²) < 4.78 is 81.3. The van der Waals surface area contributed by atoms with Crippen LogP contribution in [0.2, 0.25) is 0 Å². The molecule has 4 rings (SSSR count). The third-order valence-electron chi connectivity index (χ3n) is 6.35. The molecule has 2 aliphatic rings. The summed E-state index contributed by atoms with van der Waals surface area (Å²) in [6.45, 7) is -2.33. The highest BCUT2D eigenvalue weighted by Gasteiger charge is 2.49. The van der Waals surface area contributed by atoms with Crippen LogP contribution in [0.15, 0.2) is 34.1 Å². The van der Waals surface area contributed by atoms with Gasteiger partial charge in [0.05, 0.1) is 13.2 Å². The topological polar surface area (TPSA) is 370 Å². The van der Waals surface area contributed by atoms with Gasteiger partial charge in [0, 0.05) is 12.4 Å². The smallest absolute Gasteiger partial charge is 0.387 e. The van der Waals surface area contributed by atoms with Crippen LogP contribution in [-0.4, -0.2) is 109 Å². The first-order chi connectivity index (χ1) is 22.5. The van der Waals surface area contributed by atoms with Crippen molar-refractivity contribution in [2.24, 2.45) is 0 Å². The third kappa shape index (κ3) is 10.3. The maximum Gasteiger partial charge on any atom is 0.490 e. The first-order valence-corrected chi connectivity index (χ1v) is 19.7. The molecule has 276 valence electrons. The molecule has 0 aliphatic carbocycles. The number of hydrogen-bond acceptors (Lipinski definition) is 19. The van der Waals surface area contributed by atoms with Crippen LogP contribution in [-0.2, 0) is 49.7 Å². The molecule has 2 aromatic rings. The van der Waals surface area contributed by atoms with Crippen LogP contribution in [0.5, 0.6) is 0 Å². The van der Waals surface area contributed by atoms with E-state index in [2.05, 4.69) is 31.9 Å². The first kappa shape index (κ1) is 40.3. The molecule has 12 atom stereocenters. The Morgan fingerprint density at radius 3 is 1.29 bits per heavy atom. The van der Waals surface area contributed by atoms with Crippen molar-refractivity contribution in [3.8, 4) is 0 Å². The van der Waals surface area contributed by atoms with Crippen molar-refractivity contribution < 1.29 is 89.7 Å². The second kappa shape index (κ2) is 15.2. The molecule has 2 aromatic heterocycles. The fourth-order valence-electron chi connectivity index (χ4n) is 4.25. The van der Waals surface area contributed by atoms with Gasteiger partial charge in [-0.1, -0.05) is 24.4 Å². The zero-order chi connectivity index (χ0) is 36.7. The van der Waals surface area contributed by atoms with E-state index in [1.807, 2.05) is 0 Å². The summed E-state index contributed by atoms with van der Waals surface area (Å²) >= 11 is 9.57. The van der Waals surface area contributed by atoms with Crippen LogP contribution in [0.1, 0.15) is 12.5 Å². The van der Waals surface area contributed by atoms with E-state index < -0.39 is 105 Å². The number of phosphoric acid groups is 4. The van der Waals surface area contributed by atoms with Crippen LogP contribution >= 0.6 is 55.7 Å². The van der Waals surface area contributed by atoms with E-state index in [-0.39, 0.29) is 9.28 Å². The van der Waals surface area contributed by atoms with E-state index in [0.29, 0.717) is 0 Å². The Kier molecular flexibility index (Phi) is 12.5. The largest absolute Gasteiger partial charge is 0.490 e. The van der Waals surface area contributed by atoms with Crippen LogP contribution < -0.4 is 11.4 Å². The number of nitrogens with one attached hydrogen (secondary N) is 2. The molecular weight excluding hydrogens is 796 g/mol. The van der Waals surface area contributed by atoms with Crippen molar-refractivity contribution in [2.75, 3.05) is 13.2 Å². The Labute approximate surface area is 281 Å². The molecule has 0 bridgehead atoms. The van der Waals surface area contributed by atoms with E-state index >= 15 is 0 Å². The van der Waals surface area contributed by atoms with Gasteiger partial charge in [-0.3, -0.25) is 28.1 Å². The molecule has 10 N–H and O–H groups in total. The molecule has 0 saturated carbocycles. The van der Waals surface area contributed by atoms with Crippen LogP contribution in [0, 0.1) is 9.28 Å². The van der Waals surface area contributed by atoms with Gasteiger partial charge in [0.25, 0.3) is 0 Å². The van der Waals surface area contributed by atoms with Crippen LogP contribution in [0.4, 0.5) is 0 Å². The van der Waals surface area contributed by atoms with E-state index in [1.54, 1.807) is 0 Å². The Hall–Kier alpha value is -1.48. The Morgan fingerprint density at radius 2 is 0.959 bits per heavy atom. The number of rotatable bonds is 14. The second-order valence-electron chi connectivity index (χ2n) is 9.84. The summed E-state index contributed by atoms with van der Waals surface area (Å²) in [6, 6.07) is 2.48. The second-order valence-corrected chi connectivity index (χ2v) is 16.9. The molecule has 4 heterocycles. The van der Waals surface area contributed by atoms with Gasteiger partial charge in [-0.2, -0.15) is 12.9 Å². The zero-order valence-corrected chi connectivity index (χ0v) is 28.9. The number of ether oxygens (including phenoxy) is 2. The minimum Gasteiger partial charge on any atom is -0.387 e. The summed E-state index contributed by atoms with van der Waals surface area (Å²) in [5, 5.41) is 40.9. The number of aromatic nitrogens is 4. The molecule has 2 fully saturated rings. The highest BCUT2D eigenvalue weighted by atomic mass is 32.1. The molecule has 0 amide bonds. The average molecular weight is 822 g/mol. The number of aliphatic hydroxyl groups excluding tert-OH is 4. The average Bonchev–Trinajstić information content (AvgIpc) is 3.38. The lowest BCUT2D eigenvalue weighted by atomic mass is 10.1. The Bertz CT molecular complexity index is 1830. The lowest BCUT2D eigenvalue weighted by Gasteiger charge is -2.21. The SMILES string of the molecule is O=c1[nH]c(=S)ccn1[C@@H]1O[C@H](COP(=O)(O)OP(=O)(O)OP(=O)(O)OP(=O)(O)OC[C@H]2O[C@@H](n3ccc(=S)[nH]c3=O)[C@H](O)[C@@H]2O)[C@@H](O)[C@H]1O. The number of H-pyrrole nitrogens is 2. The number of phosphoric ester groups is 2.